The van der Waals surface area contributed by atoms with Gasteiger partial charge in [-0.1, -0.05) is 0 Å². The number of hydrogen-bond donors (Lipinski definition) is 1. The van der Waals surface area contributed by atoms with Crippen LogP contribution in [-0.4, -0.2) is 41.8 Å². The largest absolute Gasteiger partial charge is 0.353 e. The van der Waals surface area contributed by atoms with E-state index in [0.717, 1.165) is 16.1 Å². The molecule has 0 radical (unpaired) electrons. The molecule has 0 spiro atoms. The van der Waals surface area contributed by atoms with Gasteiger partial charge in [0.15, 0.2) is 5.82 Å². The summed E-state index contributed by atoms with van der Waals surface area (Å²) in [7, 11) is 0. The van der Waals surface area contributed by atoms with E-state index < -0.39 is 0 Å². The average molecular weight is 369 g/mol. The summed E-state index contributed by atoms with van der Waals surface area (Å²) in [5, 5.41) is 15.1. The molecule has 0 fully saturated rings. The van der Waals surface area contributed by atoms with Crippen LogP contribution in [0, 0.1) is 13.8 Å². The number of aryl methyl sites for hydroxylation is 2. The van der Waals surface area contributed by atoms with Crippen LogP contribution in [0.15, 0.2) is 46.1 Å². The van der Waals surface area contributed by atoms with E-state index in [0.29, 0.717) is 5.82 Å². The highest BCUT2D eigenvalue weighted by molar-refractivity contribution is 5.75. The van der Waals surface area contributed by atoms with Crippen LogP contribution in [-0.2, 0) is 17.9 Å². The van der Waals surface area contributed by atoms with Crippen LogP contribution in [0.25, 0.3) is 5.82 Å². The highest BCUT2D eigenvalue weighted by atomic mass is 16.2. The number of nitrogens with one attached hydrogen (secondary N) is 1. The molecule has 0 aliphatic heterocycles. The van der Waals surface area contributed by atoms with Crippen molar-refractivity contribution in [3.63, 3.8) is 0 Å². The highest BCUT2D eigenvalue weighted by Gasteiger charge is 2.08. The zero-order valence-electron chi connectivity index (χ0n) is 15.0. The van der Waals surface area contributed by atoms with E-state index in [1.54, 1.807) is 10.7 Å². The lowest BCUT2D eigenvalue weighted by molar-refractivity contribution is -0.121. The summed E-state index contributed by atoms with van der Waals surface area (Å²) in [4.78, 5) is 35.5. The second-order valence-corrected chi connectivity index (χ2v) is 5.96. The summed E-state index contributed by atoms with van der Waals surface area (Å²) in [6, 6.07) is 7.76. The maximum atomic E-state index is 12.0. The molecule has 0 saturated carbocycles. The smallest absolute Gasteiger partial charge is 0.267 e. The Balaban J connectivity index is 1.64. The molecule has 1 N–H and O–H groups in total. The van der Waals surface area contributed by atoms with Gasteiger partial charge in [-0.25, -0.2) is 14.0 Å². The molecule has 3 rings (SSSR count). The Morgan fingerprint density at radius 2 is 1.85 bits per heavy atom. The van der Waals surface area contributed by atoms with Gasteiger partial charge in [0.2, 0.25) is 5.91 Å². The van der Waals surface area contributed by atoms with Crippen LogP contribution in [0.4, 0.5) is 0 Å². The summed E-state index contributed by atoms with van der Waals surface area (Å²) >= 11 is 0. The van der Waals surface area contributed by atoms with E-state index in [2.05, 4.69) is 20.6 Å². The van der Waals surface area contributed by atoms with Gasteiger partial charge in [0, 0.05) is 30.6 Å². The summed E-state index contributed by atoms with van der Waals surface area (Å²) in [6.45, 7) is 3.97. The van der Waals surface area contributed by atoms with Crippen molar-refractivity contribution < 1.29 is 4.79 Å². The van der Waals surface area contributed by atoms with Crippen molar-refractivity contribution in [3.05, 3.63) is 68.6 Å². The molecular weight excluding hydrogens is 350 g/mol. The molecule has 3 aromatic heterocycles. The van der Waals surface area contributed by atoms with Crippen LogP contribution in [0.1, 0.15) is 11.4 Å². The van der Waals surface area contributed by atoms with Gasteiger partial charge in [0.05, 0.1) is 12.2 Å². The summed E-state index contributed by atoms with van der Waals surface area (Å²) in [6.07, 6.45) is 1.43. The van der Waals surface area contributed by atoms with Crippen LogP contribution in [0.2, 0.25) is 0 Å². The Hall–Kier alpha value is -3.56. The van der Waals surface area contributed by atoms with E-state index in [-0.39, 0.29) is 36.7 Å². The Labute approximate surface area is 154 Å². The lowest BCUT2D eigenvalue weighted by Crippen LogP contribution is -2.36. The third-order valence-electron chi connectivity index (χ3n) is 3.80. The van der Waals surface area contributed by atoms with Crippen molar-refractivity contribution in [1.29, 1.82) is 0 Å². The molecule has 3 heterocycles. The normalized spacial score (nSPS) is 10.7. The third kappa shape index (κ3) is 4.35. The predicted molar refractivity (Wildman–Crippen MR) is 96.6 cm³/mol. The van der Waals surface area contributed by atoms with Crippen molar-refractivity contribution in [3.8, 4) is 5.82 Å². The molecule has 140 valence electrons. The first kappa shape index (κ1) is 18.2. The topological polar surface area (TPSA) is 117 Å². The summed E-state index contributed by atoms with van der Waals surface area (Å²) < 4.78 is 3.97. The molecule has 1 amide bonds. The van der Waals surface area contributed by atoms with Gasteiger partial charge >= 0.3 is 0 Å². The first-order valence-electron chi connectivity index (χ1n) is 8.35. The molecule has 0 bridgehead atoms. The van der Waals surface area contributed by atoms with Crippen molar-refractivity contribution in [2.24, 2.45) is 0 Å². The second kappa shape index (κ2) is 7.77. The molecule has 0 atom stereocenters. The van der Waals surface area contributed by atoms with Crippen molar-refractivity contribution in [2.75, 3.05) is 6.54 Å². The van der Waals surface area contributed by atoms with Gasteiger partial charge in [-0.15, -0.1) is 5.10 Å². The molecule has 10 heteroatoms. The summed E-state index contributed by atoms with van der Waals surface area (Å²) in [5.74, 6) is 0.144. The first-order valence-corrected chi connectivity index (χ1v) is 8.35. The van der Waals surface area contributed by atoms with E-state index in [1.807, 2.05) is 19.9 Å². The molecule has 0 aliphatic rings. The molecule has 0 aromatic carbocycles. The number of carbonyl (C=O) groups excluding carboxylic acids is 1. The van der Waals surface area contributed by atoms with Gasteiger partial charge in [-0.2, -0.15) is 10.2 Å². The monoisotopic (exact) mass is 369 g/mol. The number of amides is 1. The number of rotatable bonds is 6. The van der Waals surface area contributed by atoms with Crippen molar-refractivity contribution in [1.82, 2.24) is 34.7 Å². The van der Waals surface area contributed by atoms with Gasteiger partial charge in [-0.3, -0.25) is 14.4 Å². The van der Waals surface area contributed by atoms with Crippen LogP contribution < -0.4 is 16.4 Å². The molecule has 0 saturated heterocycles. The minimum absolute atomic E-state index is 0.187. The van der Waals surface area contributed by atoms with Crippen molar-refractivity contribution >= 4 is 5.91 Å². The van der Waals surface area contributed by atoms with E-state index in [4.69, 9.17) is 0 Å². The lowest BCUT2D eigenvalue weighted by atomic mass is 10.4. The number of hydrogen-bond acceptors (Lipinski definition) is 6. The Bertz CT molecular complexity index is 1080. The minimum Gasteiger partial charge on any atom is -0.353 e. The van der Waals surface area contributed by atoms with Gasteiger partial charge in [-0.05, 0) is 32.0 Å². The van der Waals surface area contributed by atoms with Crippen molar-refractivity contribution in [2.45, 2.75) is 26.9 Å². The predicted octanol–water partition coefficient (Wildman–Crippen LogP) is -0.581. The van der Waals surface area contributed by atoms with Gasteiger partial charge in [0.25, 0.3) is 11.1 Å². The zero-order valence-corrected chi connectivity index (χ0v) is 15.0. The number of aromatic nitrogens is 6. The fourth-order valence-electron chi connectivity index (χ4n) is 2.57. The Morgan fingerprint density at radius 3 is 2.56 bits per heavy atom. The highest BCUT2D eigenvalue weighted by Crippen LogP contribution is 2.07. The molecule has 0 unspecified atom stereocenters. The maximum Gasteiger partial charge on any atom is 0.267 e. The fourth-order valence-corrected chi connectivity index (χ4v) is 2.57. The summed E-state index contributed by atoms with van der Waals surface area (Å²) in [5.41, 5.74) is 1.11. The quantitative estimate of drug-likeness (QED) is 0.621. The minimum atomic E-state index is -0.376. The SMILES string of the molecule is Cc1cc(C)n(-c2ccc(=O)n(CCNC(=O)Cn3ncccc3=O)n2)n1. The molecule has 3 aromatic rings. The van der Waals surface area contributed by atoms with E-state index >= 15 is 0 Å². The van der Waals surface area contributed by atoms with Crippen LogP contribution in [0.5, 0.6) is 0 Å². The number of carbonyl (C=O) groups is 1. The second-order valence-electron chi connectivity index (χ2n) is 5.96. The fraction of sp³-hybridized carbons (Fsp3) is 0.294. The maximum absolute atomic E-state index is 12.0. The van der Waals surface area contributed by atoms with Crippen LogP contribution in [0.3, 0.4) is 0 Å². The molecular formula is C17H19N7O3. The lowest BCUT2D eigenvalue weighted by Gasteiger charge is -2.09. The Morgan fingerprint density at radius 1 is 1.07 bits per heavy atom. The first-order chi connectivity index (χ1) is 12.9. The van der Waals surface area contributed by atoms with Gasteiger partial charge < -0.3 is 5.32 Å². The van der Waals surface area contributed by atoms with Gasteiger partial charge in [0.1, 0.15) is 6.54 Å². The Kier molecular flexibility index (Phi) is 5.25. The zero-order chi connectivity index (χ0) is 19.4. The van der Waals surface area contributed by atoms with E-state index in [9.17, 15) is 14.4 Å². The van der Waals surface area contributed by atoms with Crippen LogP contribution >= 0.6 is 0 Å². The molecule has 27 heavy (non-hydrogen) atoms. The molecule has 10 nitrogen and oxygen atoms in total. The third-order valence-corrected chi connectivity index (χ3v) is 3.80. The standard InChI is InChI=1S/C17H19N7O3/c1-12-10-13(2)24(20-12)14-5-6-17(27)22(21-14)9-8-18-15(25)11-23-16(26)4-3-7-19-23/h3-7,10H,8-9,11H2,1-2H3,(H,18,25). The molecule has 0 aliphatic carbocycles. The average Bonchev–Trinajstić information content (AvgIpc) is 2.97. The number of nitrogens with zero attached hydrogens (tertiary/aromatic N) is 6. The van der Waals surface area contributed by atoms with E-state index in [1.165, 1.54) is 29.1 Å².